The third-order valence-corrected chi connectivity index (χ3v) is 3.90. The fraction of sp³-hybridized carbons (Fsp3) is 0.312. The molecule has 2 aromatic rings. The fourth-order valence-corrected chi connectivity index (χ4v) is 2.53. The summed E-state index contributed by atoms with van der Waals surface area (Å²) in [7, 11) is 0. The first kappa shape index (κ1) is 17.5. The number of carbonyl (C=O) groups excluding carboxylic acids is 1. The highest BCUT2D eigenvalue weighted by atomic mass is 16.6. The lowest BCUT2D eigenvalue weighted by Crippen LogP contribution is -2.37. The van der Waals surface area contributed by atoms with Crippen LogP contribution >= 0.6 is 0 Å². The summed E-state index contributed by atoms with van der Waals surface area (Å²) in [5, 5.41) is 11.6. The third kappa shape index (κ3) is 3.86. The summed E-state index contributed by atoms with van der Waals surface area (Å²) in [4.78, 5) is 32.9. The molecule has 0 aliphatic carbocycles. The molecule has 2 N–H and O–H groups in total. The fourth-order valence-electron chi connectivity index (χ4n) is 2.53. The Morgan fingerprint density at radius 2 is 1.92 bits per heavy atom. The summed E-state index contributed by atoms with van der Waals surface area (Å²) < 4.78 is 5.26. The molecule has 0 atom stereocenters. The second kappa shape index (κ2) is 7.74. The van der Waals surface area contributed by atoms with Gasteiger partial charge in [-0.2, -0.15) is 0 Å². The van der Waals surface area contributed by atoms with Gasteiger partial charge in [-0.05, 0) is 19.1 Å². The molecule has 10 heteroatoms. The second-order valence-corrected chi connectivity index (χ2v) is 5.70. The van der Waals surface area contributed by atoms with Crippen LogP contribution in [-0.2, 0) is 4.74 Å². The van der Waals surface area contributed by atoms with Gasteiger partial charge in [0.2, 0.25) is 11.6 Å². The molecule has 1 aromatic heterocycles. The van der Waals surface area contributed by atoms with Crippen molar-refractivity contribution in [1.82, 2.24) is 15.4 Å². The van der Waals surface area contributed by atoms with Crippen LogP contribution in [-0.4, -0.2) is 47.1 Å². The van der Waals surface area contributed by atoms with E-state index >= 15 is 0 Å². The number of benzene rings is 1. The molecule has 1 aliphatic heterocycles. The summed E-state index contributed by atoms with van der Waals surface area (Å²) >= 11 is 0. The zero-order valence-electron chi connectivity index (χ0n) is 14.1. The van der Waals surface area contributed by atoms with Crippen molar-refractivity contribution >= 4 is 23.2 Å². The Kier molecular flexibility index (Phi) is 5.23. The minimum atomic E-state index is -0.564. The topological polar surface area (TPSA) is 123 Å². The van der Waals surface area contributed by atoms with Crippen LogP contribution in [0.5, 0.6) is 0 Å². The number of morpholine rings is 1. The maximum Gasteiger partial charge on any atom is 0.355 e. The molecule has 0 saturated carbocycles. The van der Waals surface area contributed by atoms with Crippen LogP contribution < -0.4 is 15.8 Å². The Morgan fingerprint density at radius 3 is 2.58 bits per heavy atom. The quantitative estimate of drug-likeness (QED) is 0.605. The monoisotopic (exact) mass is 358 g/mol. The van der Waals surface area contributed by atoms with Crippen molar-refractivity contribution in [2.45, 2.75) is 6.92 Å². The van der Waals surface area contributed by atoms with E-state index in [0.29, 0.717) is 31.9 Å². The predicted molar refractivity (Wildman–Crippen MR) is 94.0 cm³/mol. The Labute approximate surface area is 149 Å². The van der Waals surface area contributed by atoms with E-state index in [1.165, 1.54) is 6.33 Å². The molecular formula is C16H18N6O4. The molecular weight excluding hydrogens is 340 g/mol. The molecule has 26 heavy (non-hydrogen) atoms. The van der Waals surface area contributed by atoms with Gasteiger partial charge in [-0.15, -0.1) is 0 Å². The molecule has 1 amide bonds. The number of nitrogens with one attached hydrogen (secondary N) is 2. The minimum absolute atomic E-state index is 0.0769. The number of hydrogen-bond donors (Lipinski definition) is 2. The maximum absolute atomic E-state index is 12.2. The van der Waals surface area contributed by atoms with Crippen molar-refractivity contribution in [3.05, 3.63) is 51.8 Å². The molecule has 136 valence electrons. The van der Waals surface area contributed by atoms with Crippen LogP contribution in [0.1, 0.15) is 15.9 Å². The average Bonchev–Trinajstić information content (AvgIpc) is 2.67. The highest BCUT2D eigenvalue weighted by Crippen LogP contribution is 2.31. The summed E-state index contributed by atoms with van der Waals surface area (Å²) in [6, 6.07) is 6.94. The van der Waals surface area contributed by atoms with Crippen molar-refractivity contribution in [2.24, 2.45) is 0 Å². The van der Waals surface area contributed by atoms with Gasteiger partial charge < -0.3 is 9.64 Å². The van der Waals surface area contributed by atoms with Crippen LogP contribution in [0.2, 0.25) is 0 Å². The first-order valence-electron chi connectivity index (χ1n) is 8.01. The van der Waals surface area contributed by atoms with Crippen LogP contribution in [0, 0.1) is 17.0 Å². The van der Waals surface area contributed by atoms with Crippen LogP contribution in [0.15, 0.2) is 30.6 Å². The van der Waals surface area contributed by atoms with Gasteiger partial charge in [-0.1, -0.05) is 17.7 Å². The van der Waals surface area contributed by atoms with Gasteiger partial charge in [0, 0.05) is 18.7 Å². The van der Waals surface area contributed by atoms with E-state index in [4.69, 9.17) is 4.74 Å². The molecule has 1 saturated heterocycles. The average molecular weight is 358 g/mol. The molecule has 1 aliphatic rings. The molecule has 0 radical (unpaired) electrons. The number of rotatable bonds is 5. The first-order valence-corrected chi connectivity index (χ1v) is 8.01. The van der Waals surface area contributed by atoms with Crippen LogP contribution in [0.25, 0.3) is 0 Å². The second-order valence-electron chi connectivity index (χ2n) is 5.70. The van der Waals surface area contributed by atoms with Crippen LogP contribution in [0.3, 0.4) is 0 Å². The Balaban J connectivity index is 1.79. The third-order valence-electron chi connectivity index (χ3n) is 3.90. The number of amides is 1. The molecule has 10 nitrogen and oxygen atoms in total. The van der Waals surface area contributed by atoms with Gasteiger partial charge in [0.1, 0.15) is 6.33 Å². The summed E-state index contributed by atoms with van der Waals surface area (Å²) in [6.07, 6.45) is 1.22. The number of nitro groups is 1. The molecule has 1 aromatic carbocycles. The number of nitrogens with zero attached hydrogens (tertiary/aromatic N) is 4. The molecule has 0 bridgehead atoms. The van der Waals surface area contributed by atoms with E-state index < -0.39 is 10.8 Å². The van der Waals surface area contributed by atoms with Crippen molar-refractivity contribution in [2.75, 3.05) is 36.6 Å². The predicted octanol–water partition coefficient (Wildman–Crippen LogP) is 1.29. The number of carbonyl (C=O) groups is 1. The highest BCUT2D eigenvalue weighted by Gasteiger charge is 2.28. The lowest BCUT2D eigenvalue weighted by molar-refractivity contribution is -0.383. The van der Waals surface area contributed by atoms with E-state index in [-0.39, 0.29) is 17.3 Å². The van der Waals surface area contributed by atoms with Gasteiger partial charge in [0.25, 0.3) is 5.91 Å². The molecule has 0 spiro atoms. The SMILES string of the molecule is Cc1ccc(C(=O)NNc2ncnc(N3CCOCC3)c2[N+](=O)[O-])cc1. The smallest absolute Gasteiger partial charge is 0.355 e. The Bertz CT molecular complexity index is 805. The Hall–Kier alpha value is -3.27. The largest absolute Gasteiger partial charge is 0.378 e. The van der Waals surface area contributed by atoms with E-state index in [1.54, 1.807) is 29.2 Å². The number of anilines is 2. The number of aromatic nitrogens is 2. The van der Waals surface area contributed by atoms with E-state index in [2.05, 4.69) is 20.8 Å². The minimum Gasteiger partial charge on any atom is -0.378 e. The van der Waals surface area contributed by atoms with Gasteiger partial charge in [0.05, 0.1) is 18.1 Å². The zero-order valence-corrected chi connectivity index (χ0v) is 14.1. The van der Waals surface area contributed by atoms with E-state index in [1.807, 2.05) is 6.92 Å². The number of ether oxygens (including phenoxy) is 1. The van der Waals surface area contributed by atoms with E-state index in [0.717, 1.165) is 5.56 Å². The first-order chi connectivity index (χ1) is 12.6. The number of aryl methyl sites for hydroxylation is 1. The lowest BCUT2D eigenvalue weighted by Gasteiger charge is -2.27. The number of hydrogen-bond acceptors (Lipinski definition) is 8. The maximum atomic E-state index is 12.2. The molecule has 0 unspecified atom stereocenters. The van der Waals surface area contributed by atoms with Gasteiger partial charge in [0.15, 0.2) is 0 Å². The summed E-state index contributed by atoms with van der Waals surface area (Å²) in [5.41, 5.74) is 6.13. The molecule has 1 fully saturated rings. The van der Waals surface area contributed by atoms with Gasteiger partial charge in [-0.25, -0.2) is 9.97 Å². The zero-order chi connectivity index (χ0) is 18.5. The highest BCUT2D eigenvalue weighted by molar-refractivity contribution is 5.95. The van der Waals surface area contributed by atoms with Gasteiger partial charge in [-0.3, -0.25) is 25.8 Å². The number of hydrazine groups is 1. The normalized spacial score (nSPS) is 14.0. The van der Waals surface area contributed by atoms with Crippen molar-refractivity contribution in [3.63, 3.8) is 0 Å². The van der Waals surface area contributed by atoms with Crippen molar-refractivity contribution in [1.29, 1.82) is 0 Å². The summed E-state index contributed by atoms with van der Waals surface area (Å²) in [5.74, 6) is -0.307. The van der Waals surface area contributed by atoms with E-state index in [9.17, 15) is 14.9 Å². The van der Waals surface area contributed by atoms with Gasteiger partial charge >= 0.3 is 5.69 Å². The van der Waals surface area contributed by atoms with Crippen LogP contribution in [0.4, 0.5) is 17.3 Å². The van der Waals surface area contributed by atoms with Crippen molar-refractivity contribution in [3.8, 4) is 0 Å². The van der Waals surface area contributed by atoms with Crippen molar-refractivity contribution < 1.29 is 14.5 Å². The lowest BCUT2D eigenvalue weighted by atomic mass is 10.1. The summed E-state index contributed by atoms with van der Waals surface area (Å²) in [6.45, 7) is 3.83. The molecule has 2 heterocycles. The standard InChI is InChI=1S/C16H18N6O4/c1-11-2-4-12(5-3-11)16(23)20-19-14-13(22(24)25)15(18-10-17-14)21-6-8-26-9-7-21/h2-5,10H,6-9H2,1H3,(H,20,23)(H,17,18,19). The Morgan fingerprint density at radius 1 is 1.23 bits per heavy atom. The molecule has 3 rings (SSSR count).